The lowest BCUT2D eigenvalue weighted by atomic mass is 10.0. The molecular weight excluding hydrogens is 449 g/mol. The van der Waals surface area contributed by atoms with Crippen LogP contribution >= 0.6 is 0 Å². The van der Waals surface area contributed by atoms with Crippen molar-refractivity contribution in [1.29, 1.82) is 0 Å². The van der Waals surface area contributed by atoms with Crippen molar-refractivity contribution < 1.29 is 23.5 Å². The maximum absolute atomic E-state index is 13.3. The van der Waals surface area contributed by atoms with Gasteiger partial charge in [-0.3, -0.25) is 4.79 Å². The SMILES string of the molecule is COC(=O)C(C(C)C)N1Cc2cc(-c3ccc(NC(=O)Nc4cccc(F)c4)cc3)ccc2C1=O. The van der Waals surface area contributed by atoms with Gasteiger partial charge in [0.05, 0.1) is 7.11 Å². The minimum atomic E-state index is -0.646. The molecule has 180 valence electrons. The first-order chi connectivity index (χ1) is 16.8. The van der Waals surface area contributed by atoms with Crippen LogP contribution in [0.25, 0.3) is 11.1 Å². The van der Waals surface area contributed by atoms with Crippen molar-refractivity contribution in [3.05, 3.63) is 83.7 Å². The van der Waals surface area contributed by atoms with E-state index < -0.39 is 23.9 Å². The summed E-state index contributed by atoms with van der Waals surface area (Å²) in [5.74, 6) is -1.12. The monoisotopic (exact) mass is 475 g/mol. The van der Waals surface area contributed by atoms with E-state index in [1.54, 1.807) is 29.2 Å². The van der Waals surface area contributed by atoms with E-state index in [2.05, 4.69) is 10.6 Å². The van der Waals surface area contributed by atoms with E-state index in [-0.39, 0.29) is 11.8 Å². The van der Waals surface area contributed by atoms with Gasteiger partial charge in [0.1, 0.15) is 11.9 Å². The number of hydrogen-bond acceptors (Lipinski definition) is 4. The first kappa shape index (κ1) is 23.9. The zero-order valence-electron chi connectivity index (χ0n) is 19.7. The van der Waals surface area contributed by atoms with Gasteiger partial charge < -0.3 is 20.3 Å². The Morgan fingerprint density at radius 1 is 0.943 bits per heavy atom. The number of amides is 3. The number of halogens is 1. The third-order valence-electron chi connectivity index (χ3n) is 5.91. The lowest BCUT2D eigenvalue weighted by Crippen LogP contribution is -2.45. The summed E-state index contributed by atoms with van der Waals surface area (Å²) in [5.41, 5.74) is 4.17. The molecule has 0 bridgehead atoms. The Morgan fingerprint density at radius 3 is 2.29 bits per heavy atom. The number of ether oxygens (including phenoxy) is 1. The van der Waals surface area contributed by atoms with Crippen LogP contribution in [0.4, 0.5) is 20.6 Å². The number of carbonyl (C=O) groups is 3. The Morgan fingerprint density at radius 2 is 1.63 bits per heavy atom. The van der Waals surface area contributed by atoms with Crippen LogP contribution in [0, 0.1) is 11.7 Å². The summed E-state index contributed by atoms with van der Waals surface area (Å²) in [4.78, 5) is 39.0. The normalized spacial score (nSPS) is 13.4. The average Bonchev–Trinajstić information content (AvgIpc) is 3.14. The number of rotatable bonds is 6. The Kier molecular flexibility index (Phi) is 6.82. The minimum Gasteiger partial charge on any atom is -0.467 e. The molecule has 0 radical (unpaired) electrons. The van der Waals surface area contributed by atoms with E-state index in [0.717, 1.165) is 16.7 Å². The van der Waals surface area contributed by atoms with Gasteiger partial charge >= 0.3 is 12.0 Å². The number of hydrogen-bond donors (Lipinski definition) is 2. The molecule has 3 aromatic rings. The van der Waals surface area contributed by atoms with E-state index in [4.69, 9.17) is 4.74 Å². The third kappa shape index (κ3) is 5.16. The Hall–Kier alpha value is -4.20. The number of nitrogens with one attached hydrogen (secondary N) is 2. The van der Waals surface area contributed by atoms with E-state index in [0.29, 0.717) is 23.5 Å². The molecule has 8 heteroatoms. The Labute approximate surface area is 202 Å². The lowest BCUT2D eigenvalue weighted by Gasteiger charge is -2.28. The van der Waals surface area contributed by atoms with Crippen molar-refractivity contribution >= 4 is 29.3 Å². The van der Waals surface area contributed by atoms with Gasteiger partial charge in [0, 0.05) is 23.5 Å². The quantitative estimate of drug-likeness (QED) is 0.474. The van der Waals surface area contributed by atoms with E-state index in [1.165, 1.54) is 25.3 Å². The number of methoxy groups -OCH3 is 1. The molecule has 0 saturated heterocycles. The molecule has 3 amide bonds. The largest absolute Gasteiger partial charge is 0.467 e. The highest BCUT2D eigenvalue weighted by atomic mass is 19.1. The Bertz CT molecular complexity index is 1270. The number of esters is 1. The summed E-state index contributed by atoms with van der Waals surface area (Å²) in [6.07, 6.45) is 0. The number of fused-ring (bicyclic) bond motifs is 1. The van der Waals surface area contributed by atoms with Crippen molar-refractivity contribution in [2.45, 2.75) is 26.4 Å². The molecule has 1 aliphatic rings. The van der Waals surface area contributed by atoms with Gasteiger partial charge in [-0.15, -0.1) is 0 Å². The Balaban J connectivity index is 1.46. The molecule has 0 aliphatic carbocycles. The van der Waals surface area contributed by atoms with Crippen molar-refractivity contribution in [2.75, 3.05) is 17.7 Å². The fourth-order valence-electron chi connectivity index (χ4n) is 4.23. The number of nitrogens with zero attached hydrogens (tertiary/aromatic N) is 1. The van der Waals surface area contributed by atoms with Crippen LogP contribution in [-0.2, 0) is 16.1 Å². The summed E-state index contributed by atoms with van der Waals surface area (Å²) in [6.45, 7) is 4.11. The van der Waals surface area contributed by atoms with Crippen molar-refractivity contribution in [3.63, 3.8) is 0 Å². The van der Waals surface area contributed by atoms with E-state index in [1.807, 2.05) is 38.1 Å². The lowest BCUT2D eigenvalue weighted by molar-refractivity contribution is -0.147. The summed E-state index contributed by atoms with van der Waals surface area (Å²) in [5, 5.41) is 5.30. The van der Waals surface area contributed by atoms with Gasteiger partial charge in [-0.05, 0) is 65.1 Å². The predicted molar refractivity (Wildman–Crippen MR) is 131 cm³/mol. The van der Waals surface area contributed by atoms with Crippen molar-refractivity contribution in [2.24, 2.45) is 5.92 Å². The molecule has 0 spiro atoms. The van der Waals surface area contributed by atoms with Gasteiger partial charge in [-0.2, -0.15) is 0 Å². The standard InChI is InChI=1S/C27H26FN3O4/c1-16(2)24(26(33)35-3)31-15-19-13-18(9-12-23(19)25(31)32)17-7-10-21(11-8-17)29-27(34)30-22-6-4-5-20(28)14-22/h4-14,16,24H,15H2,1-3H3,(H2,29,30,34). The molecule has 0 saturated carbocycles. The molecule has 0 fully saturated rings. The zero-order valence-corrected chi connectivity index (χ0v) is 19.7. The molecule has 2 N–H and O–H groups in total. The predicted octanol–water partition coefficient (Wildman–Crippen LogP) is 5.29. The first-order valence-corrected chi connectivity index (χ1v) is 11.2. The summed E-state index contributed by atoms with van der Waals surface area (Å²) in [7, 11) is 1.33. The molecule has 1 unspecified atom stereocenters. The highest BCUT2D eigenvalue weighted by Gasteiger charge is 2.38. The smallest absolute Gasteiger partial charge is 0.328 e. The highest BCUT2D eigenvalue weighted by Crippen LogP contribution is 2.32. The maximum Gasteiger partial charge on any atom is 0.328 e. The van der Waals surface area contributed by atoms with Gasteiger partial charge in [0.15, 0.2) is 0 Å². The molecule has 0 aromatic heterocycles. The van der Waals surface area contributed by atoms with Gasteiger partial charge in [-0.1, -0.05) is 38.1 Å². The molecule has 4 rings (SSSR count). The summed E-state index contributed by atoms with van der Waals surface area (Å²) in [6, 6.07) is 17.3. The average molecular weight is 476 g/mol. The number of anilines is 2. The van der Waals surface area contributed by atoms with Crippen LogP contribution in [0.3, 0.4) is 0 Å². The van der Waals surface area contributed by atoms with Crippen LogP contribution in [0.5, 0.6) is 0 Å². The molecule has 1 heterocycles. The van der Waals surface area contributed by atoms with Crippen LogP contribution in [0.2, 0.25) is 0 Å². The summed E-state index contributed by atoms with van der Waals surface area (Å²) >= 11 is 0. The highest BCUT2D eigenvalue weighted by molar-refractivity contribution is 6.01. The second-order valence-electron chi connectivity index (χ2n) is 8.68. The van der Waals surface area contributed by atoms with Gasteiger partial charge in [0.25, 0.3) is 5.91 Å². The number of carbonyl (C=O) groups excluding carboxylic acids is 3. The van der Waals surface area contributed by atoms with Gasteiger partial charge in [0.2, 0.25) is 0 Å². The van der Waals surface area contributed by atoms with E-state index >= 15 is 0 Å². The number of urea groups is 1. The van der Waals surface area contributed by atoms with Crippen LogP contribution in [0.15, 0.2) is 66.7 Å². The maximum atomic E-state index is 13.3. The minimum absolute atomic E-state index is 0.0849. The van der Waals surface area contributed by atoms with Crippen molar-refractivity contribution in [3.8, 4) is 11.1 Å². The third-order valence-corrected chi connectivity index (χ3v) is 5.91. The molecular formula is C27H26FN3O4. The first-order valence-electron chi connectivity index (χ1n) is 11.2. The van der Waals surface area contributed by atoms with E-state index in [9.17, 15) is 18.8 Å². The fourth-order valence-corrected chi connectivity index (χ4v) is 4.23. The topological polar surface area (TPSA) is 87.7 Å². The second-order valence-corrected chi connectivity index (χ2v) is 8.68. The molecule has 35 heavy (non-hydrogen) atoms. The molecule has 7 nitrogen and oxygen atoms in total. The van der Waals surface area contributed by atoms with Gasteiger partial charge in [-0.25, -0.2) is 14.0 Å². The van der Waals surface area contributed by atoms with Crippen molar-refractivity contribution in [1.82, 2.24) is 4.90 Å². The van der Waals surface area contributed by atoms with Crippen LogP contribution < -0.4 is 10.6 Å². The molecule has 3 aromatic carbocycles. The van der Waals surface area contributed by atoms with Crippen LogP contribution in [0.1, 0.15) is 29.8 Å². The molecule has 1 aliphatic heterocycles. The summed E-state index contributed by atoms with van der Waals surface area (Å²) < 4.78 is 18.2. The zero-order chi connectivity index (χ0) is 25.1. The molecule has 1 atom stereocenters. The number of benzene rings is 3. The second kappa shape index (κ2) is 9.97. The fraction of sp³-hybridized carbons (Fsp3) is 0.222. The van der Waals surface area contributed by atoms with Crippen LogP contribution in [-0.4, -0.2) is 36.0 Å².